The van der Waals surface area contributed by atoms with Crippen LogP contribution in [-0.2, 0) is 0 Å². The van der Waals surface area contributed by atoms with Gasteiger partial charge in [0.2, 0.25) is 0 Å². The van der Waals surface area contributed by atoms with Crippen LogP contribution in [0.5, 0.6) is 0 Å². The lowest BCUT2D eigenvalue weighted by atomic mass is 10.2. The van der Waals surface area contributed by atoms with Crippen LogP contribution in [0.4, 0.5) is 5.82 Å². The van der Waals surface area contributed by atoms with Crippen LogP contribution in [0.2, 0.25) is 0 Å². The summed E-state index contributed by atoms with van der Waals surface area (Å²) in [6.07, 6.45) is 7.21. The standard InChI is InChI=1S/C14H20BrN3/c1-10-7-11(15)8-17-14(10)18-6-2-3-13(18)9-16-12-4-5-12/h7-8,12-13,16H,2-6,9H2,1H3. The van der Waals surface area contributed by atoms with Gasteiger partial charge in [0.05, 0.1) is 0 Å². The lowest BCUT2D eigenvalue weighted by molar-refractivity contribution is 0.568. The largest absolute Gasteiger partial charge is 0.352 e. The van der Waals surface area contributed by atoms with E-state index in [-0.39, 0.29) is 0 Å². The number of nitrogens with zero attached hydrogens (tertiary/aromatic N) is 2. The summed E-state index contributed by atoms with van der Waals surface area (Å²) in [5.41, 5.74) is 1.27. The van der Waals surface area contributed by atoms with Gasteiger partial charge in [-0.3, -0.25) is 0 Å². The molecule has 0 bridgehead atoms. The number of rotatable bonds is 4. The van der Waals surface area contributed by atoms with Crippen molar-refractivity contribution < 1.29 is 0 Å². The number of halogens is 1. The van der Waals surface area contributed by atoms with Crippen LogP contribution in [-0.4, -0.2) is 30.2 Å². The molecule has 0 amide bonds. The third-order valence-corrected chi connectivity index (χ3v) is 4.32. The third kappa shape index (κ3) is 2.69. The molecule has 2 fully saturated rings. The molecule has 1 saturated heterocycles. The Bertz CT molecular complexity index is 431. The van der Waals surface area contributed by atoms with Gasteiger partial charge in [0.1, 0.15) is 5.82 Å². The Morgan fingerprint density at radius 2 is 2.28 bits per heavy atom. The van der Waals surface area contributed by atoms with E-state index in [2.05, 4.69) is 44.1 Å². The minimum Gasteiger partial charge on any atom is -0.352 e. The SMILES string of the molecule is Cc1cc(Br)cnc1N1CCCC1CNC1CC1. The molecule has 3 rings (SSSR count). The summed E-state index contributed by atoms with van der Waals surface area (Å²) in [5.74, 6) is 1.17. The first-order chi connectivity index (χ1) is 8.74. The van der Waals surface area contributed by atoms with Crippen molar-refractivity contribution in [2.24, 2.45) is 0 Å². The van der Waals surface area contributed by atoms with Crippen LogP contribution < -0.4 is 10.2 Å². The van der Waals surface area contributed by atoms with E-state index in [0.29, 0.717) is 6.04 Å². The number of anilines is 1. The number of aromatic nitrogens is 1. The van der Waals surface area contributed by atoms with E-state index < -0.39 is 0 Å². The molecular weight excluding hydrogens is 290 g/mol. The van der Waals surface area contributed by atoms with Gasteiger partial charge in [-0.15, -0.1) is 0 Å². The number of nitrogens with one attached hydrogen (secondary N) is 1. The highest BCUT2D eigenvalue weighted by atomic mass is 79.9. The van der Waals surface area contributed by atoms with Crippen molar-refractivity contribution >= 4 is 21.7 Å². The third-order valence-electron chi connectivity index (χ3n) is 3.89. The van der Waals surface area contributed by atoms with Crippen molar-refractivity contribution in [3.8, 4) is 0 Å². The first-order valence-electron chi connectivity index (χ1n) is 6.86. The lowest BCUT2D eigenvalue weighted by Gasteiger charge is -2.27. The maximum absolute atomic E-state index is 4.60. The summed E-state index contributed by atoms with van der Waals surface area (Å²) in [5, 5.41) is 3.65. The Balaban J connectivity index is 1.72. The summed E-state index contributed by atoms with van der Waals surface area (Å²) >= 11 is 3.48. The van der Waals surface area contributed by atoms with E-state index in [4.69, 9.17) is 0 Å². The van der Waals surface area contributed by atoms with Gasteiger partial charge in [-0.25, -0.2) is 4.98 Å². The van der Waals surface area contributed by atoms with Crippen molar-refractivity contribution in [2.75, 3.05) is 18.0 Å². The van der Waals surface area contributed by atoms with E-state index in [1.807, 2.05) is 6.20 Å². The number of pyridine rings is 1. The zero-order valence-electron chi connectivity index (χ0n) is 10.8. The number of aryl methyl sites for hydroxylation is 1. The van der Waals surface area contributed by atoms with Gasteiger partial charge in [0.25, 0.3) is 0 Å². The molecule has 2 aliphatic rings. The summed E-state index contributed by atoms with van der Waals surface area (Å²) in [4.78, 5) is 7.09. The Morgan fingerprint density at radius 1 is 1.44 bits per heavy atom. The molecule has 1 aliphatic carbocycles. The van der Waals surface area contributed by atoms with Gasteiger partial charge in [-0.2, -0.15) is 0 Å². The van der Waals surface area contributed by atoms with Crippen LogP contribution in [0.3, 0.4) is 0 Å². The zero-order chi connectivity index (χ0) is 12.5. The molecule has 1 unspecified atom stereocenters. The van der Waals surface area contributed by atoms with Crippen molar-refractivity contribution in [3.05, 3.63) is 22.3 Å². The maximum atomic E-state index is 4.60. The lowest BCUT2D eigenvalue weighted by Crippen LogP contribution is -2.39. The molecule has 1 aromatic heterocycles. The highest BCUT2D eigenvalue weighted by Gasteiger charge is 2.29. The molecule has 4 heteroatoms. The van der Waals surface area contributed by atoms with Gasteiger partial charge < -0.3 is 10.2 Å². The number of hydrogen-bond acceptors (Lipinski definition) is 3. The van der Waals surface area contributed by atoms with Crippen LogP contribution >= 0.6 is 15.9 Å². The second-order valence-electron chi connectivity index (χ2n) is 5.47. The van der Waals surface area contributed by atoms with E-state index in [0.717, 1.165) is 23.6 Å². The molecule has 1 saturated carbocycles. The average Bonchev–Trinajstić information content (AvgIpc) is 3.06. The average molecular weight is 310 g/mol. The first kappa shape index (κ1) is 12.4. The van der Waals surface area contributed by atoms with Gasteiger partial charge in [0.15, 0.2) is 0 Å². The molecule has 2 heterocycles. The predicted octanol–water partition coefficient (Wildman–Crippen LogP) is 2.87. The highest BCUT2D eigenvalue weighted by molar-refractivity contribution is 9.10. The summed E-state index contributed by atoms with van der Waals surface area (Å²) < 4.78 is 1.07. The molecule has 3 nitrogen and oxygen atoms in total. The molecular formula is C14H20BrN3. The predicted molar refractivity (Wildman–Crippen MR) is 78.1 cm³/mol. The molecule has 0 spiro atoms. The van der Waals surface area contributed by atoms with Crippen molar-refractivity contribution in [1.82, 2.24) is 10.3 Å². The first-order valence-corrected chi connectivity index (χ1v) is 7.65. The molecule has 1 aliphatic heterocycles. The fourth-order valence-corrected chi connectivity index (χ4v) is 3.20. The van der Waals surface area contributed by atoms with Crippen molar-refractivity contribution in [1.29, 1.82) is 0 Å². The van der Waals surface area contributed by atoms with Gasteiger partial charge in [0, 0.05) is 35.8 Å². The molecule has 0 aromatic carbocycles. The molecule has 18 heavy (non-hydrogen) atoms. The molecule has 1 aromatic rings. The van der Waals surface area contributed by atoms with Gasteiger partial charge in [-0.1, -0.05) is 0 Å². The van der Waals surface area contributed by atoms with Crippen LogP contribution in [0, 0.1) is 6.92 Å². The Kier molecular flexibility index (Phi) is 3.57. The molecule has 0 radical (unpaired) electrons. The van der Waals surface area contributed by atoms with Gasteiger partial charge in [-0.05, 0) is 60.2 Å². The van der Waals surface area contributed by atoms with E-state index in [9.17, 15) is 0 Å². The monoisotopic (exact) mass is 309 g/mol. The smallest absolute Gasteiger partial charge is 0.131 e. The fraction of sp³-hybridized carbons (Fsp3) is 0.643. The van der Waals surface area contributed by atoms with Crippen LogP contribution in [0.1, 0.15) is 31.2 Å². The molecule has 98 valence electrons. The van der Waals surface area contributed by atoms with Gasteiger partial charge >= 0.3 is 0 Å². The Morgan fingerprint density at radius 3 is 3.00 bits per heavy atom. The minimum atomic E-state index is 0.623. The highest BCUT2D eigenvalue weighted by Crippen LogP contribution is 2.28. The quantitative estimate of drug-likeness (QED) is 0.927. The summed E-state index contributed by atoms with van der Waals surface area (Å²) in [6, 6.07) is 3.58. The summed E-state index contributed by atoms with van der Waals surface area (Å²) in [6.45, 7) is 4.41. The van der Waals surface area contributed by atoms with Crippen LogP contribution in [0.25, 0.3) is 0 Å². The van der Waals surface area contributed by atoms with Crippen molar-refractivity contribution in [3.63, 3.8) is 0 Å². The summed E-state index contributed by atoms with van der Waals surface area (Å²) in [7, 11) is 0. The molecule has 1 atom stereocenters. The second-order valence-corrected chi connectivity index (χ2v) is 6.38. The van der Waals surface area contributed by atoms with E-state index in [1.165, 1.54) is 37.1 Å². The van der Waals surface area contributed by atoms with E-state index in [1.54, 1.807) is 0 Å². The Hall–Kier alpha value is -0.610. The molecule has 1 N–H and O–H groups in total. The second kappa shape index (κ2) is 5.17. The maximum Gasteiger partial charge on any atom is 0.131 e. The normalized spacial score (nSPS) is 23.7. The number of hydrogen-bond donors (Lipinski definition) is 1. The minimum absolute atomic E-state index is 0.623. The Labute approximate surface area is 117 Å². The zero-order valence-corrected chi connectivity index (χ0v) is 12.4. The van der Waals surface area contributed by atoms with Crippen molar-refractivity contribution in [2.45, 2.75) is 44.7 Å². The topological polar surface area (TPSA) is 28.2 Å². The fourth-order valence-electron chi connectivity index (χ4n) is 2.75. The van der Waals surface area contributed by atoms with E-state index >= 15 is 0 Å². The van der Waals surface area contributed by atoms with Crippen LogP contribution in [0.15, 0.2) is 16.7 Å².